The van der Waals surface area contributed by atoms with Crippen molar-refractivity contribution in [2.24, 2.45) is 17.8 Å². The lowest BCUT2D eigenvalue weighted by molar-refractivity contribution is 0.0528. The highest BCUT2D eigenvalue weighted by Gasteiger charge is 2.54. The number of allylic oxidation sites excluding steroid dienone is 1. The summed E-state index contributed by atoms with van der Waals surface area (Å²) in [5.74, 6) is 1.09. The van der Waals surface area contributed by atoms with Gasteiger partial charge in [-0.15, -0.1) is 0 Å². The summed E-state index contributed by atoms with van der Waals surface area (Å²) in [7, 11) is 0. The van der Waals surface area contributed by atoms with Crippen molar-refractivity contribution >= 4 is 23.0 Å². The molecule has 3 aromatic heterocycles. The average molecular weight is 436 g/mol. The van der Waals surface area contributed by atoms with E-state index in [0.717, 1.165) is 35.6 Å². The first kappa shape index (κ1) is 20.6. The molecule has 3 aromatic rings. The third-order valence-corrected chi connectivity index (χ3v) is 6.50. The highest BCUT2D eigenvalue weighted by Crippen LogP contribution is 2.58. The normalized spacial score (nSPS) is 21.8. The predicted octanol–water partition coefficient (Wildman–Crippen LogP) is 4.31. The van der Waals surface area contributed by atoms with Crippen molar-refractivity contribution in [3.63, 3.8) is 0 Å². The van der Waals surface area contributed by atoms with Crippen LogP contribution in [-0.2, 0) is 4.74 Å². The Labute approximate surface area is 185 Å². The predicted molar refractivity (Wildman–Crippen MR) is 119 cm³/mol. The molecular formula is C24H26FN5O2. The van der Waals surface area contributed by atoms with E-state index in [1.807, 2.05) is 6.07 Å². The van der Waals surface area contributed by atoms with Gasteiger partial charge in [-0.2, -0.15) is 5.10 Å². The summed E-state index contributed by atoms with van der Waals surface area (Å²) in [5.41, 5.74) is 3.30. The van der Waals surface area contributed by atoms with Crippen molar-refractivity contribution in [2.45, 2.75) is 33.2 Å². The number of anilines is 1. The first-order chi connectivity index (χ1) is 15.4. The zero-order valence-electron chi connectivity index (χ0n) is 18.5. The number of esters is 1. The maximum atomic E-state index is 14.3. The molecule has 7 nitrogen and oxygen atoms in total. The number of rotatable bonds is 6. The van der Waals surface area contributed by atoms with E-state index >= 15 is 0 Å². The van der Waals surface area contributed by atoms with Crippen LogP contribution in [0.2, 0.25) is 0 Å². The Balaban J connectivity index is 1.58. The second-order valence-corrected chi connectivity index (χ2v) is 8.86. The molecule has 0 amide bonds. The van der Waals surface area contributed by atoms with E-state index in [-0.39, 0.29) is 24.4 Å². The average Bonchev–Trinajstić information content (AvgIpc) is 3.24. The van der Waals surface area contributed by atoms with Gasteiger partial charge in [-0.05, 0) is 48.8 Å². The van der Waals surface area contributed by atoms with Gasteiger partial charge < -0.3 is 9.64 Å². The van der Waals surface area contributed by atoms with Crippen molar-refractivity contribution in [1.82, 2.24) is 19.6 Å². The quantitative estimate of drug-likeness (QED) is 0.538. The number of carbonyl (C=O) groups is 1. The molecular weight excluding hydrogens is 409 g/mol. The molecule has 0 radical (unpaired) electrons. The van der Waals surface area contributed by atoms with E-state index in [2.05, 4.69) is 35.4 Å². The second kappa shape index (κ2) is 7.69. The van der Waals surface area contributed by atoms with E-state index in [1.54, 1.807) is 23.7 Å². The molecule has 1 saturated carbocycles. The van der Waals surface area contributed by atoms with Gasteiger partial charge in [0.05, 0.1) is 30.7 Å². The van der Waals surface area contributed by atoms with Gasteiger partial charge >= 0.3 is 5.97 Å². The molecule has 0 spiro atoms. The standard InChI is InChI=1S/C24H26FN5O2/c1-5-32-24(31)19-11-27-30-7-6-20(28-23(19)30)29-12-15-8-17(15)22(29)18-9-16(25)10-26-21(18)14(4)13(2)3/h6-7,9-11,13,15,17,22H,4-5,8,12H2,1-3H3. The van der Waals surface area contributed by atoms with Gasteiger partial charge in [0.1, 0.15) is 17.2 Å². The first-order valence-electron chi connectivity index (χ1n) is 11.0. The van der Waals surface area contributed by atoms with Gasteiger partial charge in [-0.1, -0.05) is 20.4 Å². The van der Waals surface area contributed by atoms with Crippen LogP contribution in [0.3, 0.4) is 0 Å². The van der Waals surface area contributed by atoms with Gasteiger partial charge in [0.25, 0.3) is 0 Å². The molecule has 32 heavy (non-hydrogen) atoms. The fraction of sp³-hybridized carbons (Fsp3) is 0.417. The summed E-state index contributed by atoms with van der Waals surface area (Å²) >= 11 is 0. The Morgan fingerprint density at radius 3 is 2.94 bits per heavy atom. The number of nitrogens with zero attached hydrogens (tertiary/aromatic N) is 5. The number of hydrogen-bond acceptors (Lipinski definition) is 6. The summed E-state index contributed by atoms with van der Waals surface area (Å²) in [6.45, 7) is 11.2. The molecule has 1 aliphatic carbocycles. The van der Waals surface area contributed by atoms with Crippen molar-refractivity contribution in [1.29, 1.82) is 0 Å². The number of ether oxygens (including phenoxy) is 1. The number of halogens is 1. The number of piperidine rings is 1. The van der Waals surface area contributed by atoms with Crippen LogP contribution in [0.25, 0.3) is 11.2 Å². The van der Waals surface area contributed by atoms with Gasteiger partial charge in [-0.25, -0.2) is 18.7 Å². The minimum absolute atomic E-state index is 0.0439. The van der Waals surface area contributed by atoms with Crippen molar-refractivity contribution in [2.75, 3.05) is 18.1 Å². The maximum Gasteiger partial charge on any atom is 0.343 e. The molecule has 8 heteroatoms. The Morgan fingerprint density at radius 2 is 2.19 bits per heavy atom. The lowest BCUT2D eigenvalue weighted by atomic mass is 9.92. The van der Waals surface area contributed by atoms with Gasteiger partial charge in [0.2, 0.25) is 0 Å². The summed E-state index contributed by atoms with van der Waals surface area (Å²) < 4.78 is 21.0. The van der Waals surface area contributed by atoms with Crippen molar-refractivity contribution in [3.05, 3.63) is 59.9 Å². The number of hydrogen-bond donors (Lipinski definition) is 0. The Bertz CT molecular complexity index is 1220. The molecule has 4 heterocycles. The zero-order chi connectivity index (χ0) is 22.6. The third kappa shape index (κ3) is 3.34. The molecule has 1 aliphatic heterocycles. The van der Waals surface area contributed by atoms with Crippen LogP contribution < -0.4 is 4.90 Å². The number of aromatic nitrogens is 4. The molecule has 0 N–H and O–H groups in total. The summed E-state index contributed by atoms with van der Waals surface area (Å²) in [6, 6.07) is 3.43. The molecule has 2 fully saturated rings. The van der Waals surface area contributed by atoms with Crippen LogP contribution in [0.1, 0.15) is 54.8 Å². The largest absolute Gasteiger partial charge is 0.462 e. The Hall–Kier alpha value is -3.29. The van der Waals surface area contributed by atoms with Gasteiger partial charge in [0, 0.05) is 18.3 Å². The minimum Gasteiger partial charge on any atom is -0.462 e. The van der Waals surface area contributed by atoms with Crippen LogP contribution in [0.4, 0.5) is 10.2 Å². The van der Waals surface area contributed by atoms with E-state index in [1.165, 1.54) is 12.4 Å². The summed E-state index contributed by atoms with van der Waals surface area (Å²) in [6.07, 6.45) is 5.63. The van der Waals surface area contributed by atoms with Gasteiger partial charge in [0.15, 0.2) is 5.65 Å². The molecule has 0 bridgehead atoms. The van der Waals surface area contributed by atoms with Crippen LogP contribution in [0.5, 0.6) is 0 Å². The van der Waals surface area contributed by atoms with Crippen LogP contribution in [-0.4, -0.2) is 38.7 Å². The number of carbonyl (C=O) groups excluding carboxylic acids is 1. The molecule has 3 atom stereocenters. The lowest BCUT2D eigenvalue weighted by Gasteiger charge is -2.30. The Kier molecular flexibility index (Phi) is 4.95. The lowest BCUT2D eigenvalue weighted by Crippen LogP contribution is -2.28. The molecule has 3 unspecified atom stereocenters. The topological polar surface area (TPSA) is 72.6 Å². The molecule has 5 rings (SSSR count). The maximum absolute atomic E-state index is 14.3. The van der Waals surface area contributed by atoms with Crippen molar-refractivity contribution < 1.29 is 13.9 Å². The molecule has 0 aromatic carbocycles. The molecule has 166 valence electrons. The Morgan fingerprint density at radius 1 is 1.38 bits per heavy atom. The monoisotopic (exact) mass is 435 g/mol. The second-order valence-electron chi connectivity index (χ2n) is 8.86. The molecule has 1 saturated heterocycles. The van der Waals surface area contributed by atoms with E-state index in [4.69, 9.17) is 9.72 Å². The summed E-state index contributed by atoms with van der Waals surface area (Å²) in [5, 5.41) is 4.22. The molecule has 2 aliphatic rings. The highest BCUT2D eigenvalue weighted by atomic mass is 19.1. The smallest absolute Gasteiger partial charge is 0.343 e. The minimum atomic E-state index is -0.446. The van der Waals surface area contributed by atoms with Crippen LogP contribution >= 0.6 is 0 Å². The zero-order valence-corrected chi connectivity index (χ0v) is 18.5. The number of pyridine rings is 1. The fourth-order valence-corrected chi connectivity index (χ4v) is 4.69. The fourth-order valence-electron chi connectivity index (χ4n) is 4.69. The van der Waals surface area contributed by atoms with Crippen LogP contribution in [0, 0.1) is 23.6 Å². The van der Waals surface area contributed by atoms with E-state index < -0.39 is 5.97 Å². The SMILES string of the molecule is C=C(c1ncc(F)cc1C1C2CC2CN1c1ccn2ncc(C(=O)OCC)c2n1)C(C)C. The van der Waals surface area contributed by atoms with Gasteiger partial charge in [-0.3, -0.25) is 4.98 Å². The van der Waals surface area contributed by atoms with E-state index in [0.29, 0.717) is 23.0 Å². The summed E-state index contributed by atoms with van der Waals surface area (Å²) in [4.78, 5) is 23.7. The number of fused-ring (bicyclic) bond motifs is 2. The highest BCUT2D eigenvalue weighted by molar-refractivity contribution is 5.95. The third-order valence-electron chi connectivity index (χ3n) is 6.50. The van der Waals surface area contributed by atoms with E-state index in [9.17, 15) is 9.18 Å². The van der Waals surface area contributed by atoms with Crippen LogP contribution in [0.15, 0.2) is 37.3 Å². The first-order valence-corrected chi connectivity index (χ1v) is 11.0. The van der Waals surface area contributed by atoms with Crippen molar-refractivity contribution in [3.8, 4) is 0 Å².